The van der Waals surface area contributed by atoms with Crippen LogP contribution in [-0.2, 0) is 25.8 Å². The fourth-order valence-electron chi connectivity index (χ4n) is 6.87. The molecule has 0 radical (unpaired) electrons. The standard InChI is InChI=1S/C29H38N6O5/c1-5-14-32(15-6-2)26(37)23-22-12-13-29(40-22)24(23)27(38)35(19(4)17-36)25(29)28(39)33(16-7-3)18-34-21-11-9-8-10-20(21)30-31-34/h5,7-11,19,22-25,36H,1,3,6,12-18H2,2,4H3/t19-,22-,23+,24+,25?,29?/m1/s1. The van der Waals surface area contributed by atoms with Gasteiger partial charge in [-0.05, 0) is 38.3 Å². The summed E-state index contributed by atoms with van der Waals surface area (Å²) in [5.41, 5.74) is 0.317. The molecular weight excluding hydrogens is 512 g/mol. The first-order valence-corrected chi connectivity index (χ1v) is 14.0. The second kappa shape index (κ2) is 11.1. The summed E-state index contributed by atoms with van der Waals surface area (Å²) in [5, 5.41) is 18.6. The Labute approximate surface area is 234 Å². The van der Waals surface area contributed by atoms with Crippen molar-refractivity contribution >= 4 is 28.8 Å². The van der Waals surface area contributed by atoms with Crippen LogP contribution in [0.5, 0.6) is 0 Å². The molecule has 2 unspecified atom stereocenters. The molecule has 11 heteroatoms. The van der Waals surface area contributed by atoms with Crippen LogP contribution in [0.2, 0.25) is 0 Å². The molecule has 3 amide bonds. The number of likely N-dealkylation sites (tertiary alicyclic amines) is 1. The van der Waals surface area contributed by atoms with E-state index in [-0.39, 0.29) is 37.5 Å². The summed E-state index contributed by atoms with van der Waals surface area (Å²) in [7, 11) is 0. The average molecular weight is 551 g/mol. The van der Waals surface area contributed by atoms with Crippen LogP contribution in [0.1, 0.15) is 33.1 Å². The van der Waals surface area contributed by atoms with Gasteiger partial charge >= 0.3 is 0 Å². The molecule has 0 saturated carbocycles. The summed E-state index contributed by atoms with van der Waals surface area (Å²) < 4.78 is 8.20. The van der Waals surface area contributed by atoms with E-state index in [1.807, 2.05) is 31.2 Å². The van der Waals surface area contributed by atoms with Crippen LogP contribution in [0, 0.1) is 11.8 Å². The first-order chi connectivity index (χ1) is 19.3. The molecule has 5 rings (SSSR count). The number of hydrogen-bond acceptors (Lipinski definition) is 7. The van der Waals surface area contributed by atoms with E-state index in [2.05, 4.69) is 23.5 Å². The van der Waals surface area contributed by atoms with Gasteiger partial charge in [-0.15, -0.1) is 18.3 Å². The monoisotopic (exact) mass is 550 g/mol. The number of aromatic nitrogens is 3. The van der Waals surface area contributed by atoms with Gasteiger partial charge in [0.2, 0.25) is 17.7 Å². The van der Waals surface area contributed by atoms with E-state index in [0.717, 1.165) is 11.9 Å². The van der Waals surface area contributed by atoms with Crippen LogP contribution in [-0.4, -0.2) is 103 Å². The van der Waals surface area contributed by atoms with Crippen LogP contribution < -0.4 is 0 Å². The zero-order valence-corrected chi connectivity index (χ0v) is 23.2. The number of carbonyl (C=O) groups is 3. The minimum Gasteiger partial charge on any atom is -0.394 e. The molecule has 4 heterocycles. The van der Waals surface area contributed by atoms with Gasteiger partial charge in [0, 0.05) is 19.6 Å². The summed E-state index contributed by atoms with van der Waals surface area (Å²) in [4.78, 5) is 47.2. The van der Waals surface area contributed by atoms with E-state index in [1.54, 1.807) is 33.6 Å². The first kappa shape index (κ1) is 28.0. The molecule has 1 aromatic carbocycles. The minimum atomic E-state index is -1.15. The number of benzene rings is 1. The number of nitrogens with zero attached hydrogens (tertiary/aromatic N) is 6. The van der Waals surface area contributed by atoms with Gasteiger partial charge in [0.1, 0.15) is 23.8 Å². The van der Waals surface area contributed by atoms with Crippen LogP contribution in [0.3, 0.4) is 0 Å². The van der Waals surface area contributed by atoms with E-state index in [4.69, 9.17) is 4.74 Å². The van der Waals surface area contributed by atoms with E-state index in [0.29, 0.717) is 31.4 Å². The smallest absolute Gasteiger partial charge is 0.250 e. The van der Waals surface area contributed by atoms with Crippen molar-refractivity contribution in [2.75, 3.05) is 26.2 Å². The van der Waals surface area contributed by atoms with Gasteiger partial charge in [-0.25, -0.2) is 4.68 Å². The lowest BCUT2D eigenvalue weighted by Gasteiger charge is -2.38. The van der Waals surface area contributed by atoms with E-state index < -0.39 is 35.6 Å². The Hall–Kier alpha value is -3.57. The van der Waals surface area contributed by atoms with Crippen molar-refractivity contribution in [3.63, 3.8) is 0 Å². The molecule has 1 aromatic heterocycles. The summed E-state index contributed by atoms with van der Waals surface area (Å²) in [6.45, 7) is 12.2. The van der Waals surface area contributed by atoms with Crippen molar-refractivity contribution in [3.8, 4) is 0 Å². The Balaban J connectivity index is 1.52. The molecule has 40 heavy (non-hydrogen) atoms. The van der Waals surface area contributed by atoms with E-state index in [9.17, 15) is 19.5 Å². The third-order valence-electron chi connectivity index (χ3n) is 8.54. The largest absolute Gasteiger partial charge is 0.394 e. The maximum Gasteiger partial charge on any atom is 0.250 e. The lowest BCUT2D eigenvalue weighted by molar-refractivity contribution is -0.152. The van der Waals surface area contributed by atoms with Crippen molar-refractivity contribution in [2.24, 2.45) is 11.8 Å². The molecule has 2 bridgehead atoms. The molecule has 2 aromatic rings. The van der Waals surface area contributed by atoms with Gasteiger partial charge < -0.3 is 24.5 Å². The normalized spacial score (nSPS) is 27.6. The zero-order valence-electron chi connectivity index (χ0n) is 23.2. The average Bonchev–Trinajstić information content (AvgIpc) is 3.71. The quantitative estimate of drug-likeness (QED) is 0.399. The van der Waals surface area contributed by atoms with Crippen LogP contribution in [0.4, 0.5) is 0 Å². The fourth-order valence-corrected chi connectivity index (χ4v) is 6.87. The number of aliphatic hydroxyl groups is 1. The first-order valence-electron chi connectivity index (χ1n) is 14.0. The van der Waals surface area contributed by atoms with Crippen molar-refractivity contribution in [1.82, 2.24) is 29.7 Å². The molecule has 6 atom stereocenters. The molecule has 3 aliphatic rings. The number of amides is 3. The summed E-state index contributed by atoms with van der Waals surface area (Å²) >= 11 is 0. The molecule has 214 valence electrons. The molecule has 0 aliphatic carbocycles. The highest BCUT2D eigenvalue weighted by molar-refractivity contribution is 5.99. The molecule has 1 spiro atoms. The second-order valence-electron chi connectivity index (χ2n) is 11.0. The maximum absolute atomic E-state index is 14.5. The third-order valence-corrected chi connectivity index (χ3v) is 8.54. The predicted molar refractivity (Wildman–Crippen MR) is 148 cm³/mol. The van der Waals surface area contributed by atoms with Gasteiger partial charge in [0.15, 0.2) is 0 Å². The number of para-hydroxylation sites is 1. The van der Waals surface area contributed by atoms with Crippen LogP contribution in [0.25, 0.3) is 11.0 Å². The number of aliphatic hydroxyl groups excluding tert-OH is 1. The molecule has 3 fully saturated rings. The minimum absolute atomic E-state index is 0.0908. The van der Waals surface area contributed by atoms with Gasteiger partial charge in [-0.3, -0.25) is 14.4 Å². The number of carbonyl (C=O) groups excluding carboxylic acids is 3. The molecule has 11 nitrogen and oxygen atoms in total. The van der Waals surface area contributed by atoms with Gasteiger partial charge in [-0.1, -0.05) is 36.4 Å². The Morgan fingerprint density at radius 1 is 1.23 bits per heavy atom. The second-order valence-corrected chi connectivity index (χ2v) is 11.0. The summed E-state index contributed by atoms with van der Waals surface area (Å²) in [5.74, 6) is -2.29. The highest BCUT2D eigenvalue weighted by Crippen LogP contribution is 2.59. The third kappa shape index (κ3) is 4.32. The van der Waals surface area contributed by atoms with Crippen molar-refractivity contribution < 1.29 is 24.2 Å². The number of hydrogen-bond donors (Lipinski definition) is 1. The van der Waals surface area contributed by atoms with Crippen molar-refractivity contribution in [2.45, 2.75) is 63.6 Å². The number of rotatable bonds is 12. The van der Waals surface area contributed by atoms with Crippen molar-refractivity contribution in [1.29, 1.82) is 0 Å². The highest BCUT2D eigenvalue weighted by Gasteiger charge is 2.75. The number of ether oxygens (including phenoxy) is 1. The number of fused-ring (bicyclic) bond motifs is 2. The van der Waals surface area contributed by atoms with E-state index in [1.165, 1.54) is 4.90 Å². The Bertz CT molecular complexity index is 1310. The lowest BCUT2D eigenvalue weighted by Crippen LogP contribution is -2.58. The van der Waals surface area contributed by atoms with E-state index >= 15 is 0 Å². The topological polar surface area (TPSA) is 121 Å². The molecule has 3 aliphatic heterocycles. The fraction of sp³-hybridized carbons (Fsp3) is 0.552. The van der Waals surface area contributed by atoms with Crippen molar-refractivity contribution in [3.05, 3.63) is 49.6 Å². The molecular formula is C29H38N6O5. The van der Waals surface area contributed by atoms with Gasteiger partial charge in [0.25, 0.3) is 0 Å². The SMILES string of the molecule is C=CCN(Cn1nnc2ccccc21)C(=O)C1N([C@H](C)CO)C(=O)[C@@H]2[C@@H](C(=O)N(CC=C)CCC)[C@H]3CCC12O3. The maximum atomic E-state index is 14.5. The molecule has 3 saturated heterocycles. The Kier molecular flexibility index (Phi) is 7.78. The van der Waals surface area contributed by atoms with Gasteiger partial charge in [-0.2, -0.15) is 0 Å². The highest BCUT2D eigenvalue weighted by atomic mass is 16.5. The molecule has 1 N–H and O–H groups in total. The van der Waals surface area contributed by atoms with Crippen LogP contribution in [0.15, 0.2) is 49.6 Å². The lowest BCUT2D eigenvalue weighted by atomic mass is 9.70. The van der Waals surface area contributed by atoms with Crippen LogP contribution >= 0.6 is 0 Å². The zero-order chi connectivity index (χ0) is 28.6. The predicted octanol–water partition coefficient (Wildman–Crippen LogP) is 1.58. The Morgan fingerprint density at radius 3 is 2.65 bits per heavy atom. The Morgan fingerprint density at radius 2 is 1.95 bits per heavy atom. The van der Waals surface area contributed by atoms with Gasteiger partial charge in [0.05, 0.1) is 36.1 Å². The summed E-state index contributed by atoms with van der Waals surface area (Å²) in [6.07, 6.45) is 4.69. The summed E-state index contributed by atoms with van der Waals surface area (Å²) in [6, 6.07) is 5.83.